The smallest absolute Gasteiger partial charge is 0.388 e. The summed E-state index contributed by atoms with van der Waals surface area (Å²) in [5.41, 5.74) is 1.89. The van der Waals surface area contributed by atoms with Crippen LogP contribution in [0.5, 0.6) is 0 Å². The Morgan fingerprint density at radius 2 is 2.05 bits per heavy atom. The van der Waals surface area contributed by atoms with Gasteiger partial charge in [0.25, 0.3) is 0 Å². The van der Waals surface area contributed by atoms with Crippen molar-refractivity contribution in [1.82, 2.24) is 4.57 Å². The zero-order valence-corrected chi connectivity index (χ0v) is 12.0. The predicted octanol–water partition coefficient (Wildman–Crippen LogP) is 3.35. The van der Waals surface area contributed by atoms with Crippen LogP contribution in [0.3, 0.4) is 0 Å². The molecule has 2 rings (SSSR count). The lowest BCUT2D eigenvalue weighted by molar-refractivity contribution is -0.657. The molecule has 0 aliphatic rings. The van der Waals surface area contributed by atoms with Gasteiger partial charge in [0.2, 0.25) is 0 Å². The predicted molar refractivity (Wildman–Crippen MR) is 80.6 cm³/mol. The Morgan fingerprint density at radius 1 is 1.30 bits per heavy atom. The van der Waals surface area contributed by atoms with Crippen LogP contribution in [-0.2, 0) is 13.6 Å². The monoisotopic (exact) mass is 270 g/mol. The quantitative estimate of drug-likeness (QED) is 0.488. The number of aromatic nitrogens is 2. The van der Waals surface area contributed by atoms with E-state index in [4.69, 9.17) is 0 Å². The average Bonchev–Trinajstić information content (AvgIpc) is 2.84. The van der Waals surface area contributed by atoms with Gasteiger partial charge < -0.3 is 5.32 Å². The Labute approximate surface area is 119 Å². The minimum atomic E-state index is 0.824. The molecule has 5 nitrogen and oxygen atoms in total. The number of azo groups is 1. The summed E-state index contributed by atoms with van der Waals surface area (Å²) in [5, 5.41) is 11.7. The molecule has 1 heterocycles. The van der Waals surface area contributed by atoms with Crippen LogP contribution in [0.25, 0.3) is 0 Å². The van der Waals surface area contributed by atoms with Crippen LogP contribution < -0.4 is 9.88 Å². The first-order chi connectivity index (χ1) is 9.74. The number of benzene rings is 1. The minimum absolute atomic E-state index is 0.824. The molecular weight excluding hydrogens is 250 g/mol. The highest BCUT2D eigenvalue weighted by Crippen LogP contribution is 2.18. The fourth-order valence-electron chi connectivity index (χ4n) is 1.85. The number of rotatable bonds is 6. The maximum Gasteiger partial charge on any atom is 0.421 e. The topological polar surface area (TPSA) is 45.6 Å². The average molecular weight is 270 g/mol. The van der Waals surface area contributed by atoms with Gasteiger partial charge in [-0.1, -0.05) is 11.2 Å². The van der Waals surface area contributed by atoms with Crippen LogP contribution in [0.2, 0.25) is 0 Å². The Bertz CT molecular complexity index is 595. The molecule has 5 heteroatoms. The molecule has 0 aliphatic carbocycles. The highest BCUT2D eigenvalue weighted by molar-refractivity contribution is 5.50. The first kappa shape index (κ1) is 14.0. The van der Waals surface area contributed by atoms with Crippen molar-refractivity contribution in [3.8, 4) is 0 Å². The molecule has 1 aromatic carbocycles. The first-order valence-electron chi connectivity index (χ1n) is 6.60. The third-order valence-electron chi connectivity index (χ3n) is 3.03. The number of nitrogens with zero attached hydrogens (tertiary/aromatic N) is 4. The zero-order valence-electron chi connectivity index (χ0n) is 12.0. The minimum Gasteiger partial charge on any atom is -0.388 e. The highest BCUT2D eigenvalue weighted by atomic mass is 15.3. The molecule has 0 atom stereocenters. The summed E-state index contributed by atoms with van der Waals surface area (Å²) in [6.07, 6.45) is 6.79. The van der Waals surface area contributed by atoms with Gasteiger partial charge in [-0.15, -0.1) is 6.58 Å². The van der Waals surface area contributed by atoms with Crippen molar-refractivity contribution < 1.29 is 4.57 Å². The molecule has 20 heavy (non-hydrogen) atoms. The molecule has 2 aromatic rings. The van der Waals surface area contributed by atoms with Crippen LogP contribution in [-0.4, -0.2) is 11.6 Å². The van der Waals surface area contributed by atoms with Crippen LogP contribution in [0.15, 0.2) is 59.5 Å². The summed E-state index contributed by atoms with van der Waals surface area (Å²) in [6.45, 7) is 4.60. The summed E-state index contributed by atoms with van der Waals surface area (Å²) < 4.78 is 4.02. The van der Waals surface area contributed by atoms with E-state index in [0.29, 0.717) is 0 Å². The van der Waals surface area contributed by atoms with Crippen LogP contribution in [0, 0.1) is 0 Å². The van der Waals surface area contributed by atoms with Gasteiger partial charge in [0.05, 0.1) is 26.0 Å². The summed E-state index contributed by atoms with van der Waals surface area (Å²) in [6, 6.07) is 7.83. The lowest BCUT2D eigenvalue weighted by Gasteiger charge is -1.98. The molecule has 0 unspecified atom stereocenters. The molecule has 0 bridgehead atoms. The molecule has 0 saturated carbocycles. The summed E-state index contributed by atoms with van der Waals surface area (Å²) in [7, 11) is 3.85. The van der Waals surface area contributed by atoms with E-state index in [1.54, 1.807) is 0 Å². The van der Waals surface area contributed by atoms with Gasteiger partial charge in [-0.25, -0.2) is 9.13 Å². The van der Waals surface area contributed by atoms with Crippen molar-refractivity contribution in [2.24, 2.45) is 17.3 Å². The molecule has 0 spiro atoms. The van der Waals surface area contributed by atoms with Crippen LogP contribution in [0.4, 0.5) is 17.3 Å². The zero-order chi connectivity index (χ0) is 14.4. The molecule has 0 radical (unpaired) electrons. The van der Waals surface area contributed by atoms with E-state index in [1.807, 2.05) is 61.4 Å². The molecule has 0 saturated heterocycles. The van der Waals surface area contributed by atoms with E-state index in [1.165, 1.54) is 0 Å². The molecule has 0 aliphatic heterocycles. The second kappa shape index (κ2) is 6.65. The second-order valence-electron chi connectivity index (χ2n) is 4.48. The second-order valence-corrected chi connectivity index (χ2v) is 4.48. The summed E-state index contributed by atoms with van der Waals surface area (Å²) in [5.74, 6) is 0.824. The third-order valence-corrected chi connectivity index (χ3v) is 3.03. The molecule has 1 N–H and O–H groups in total. The lowest BCUT2D eigenvalue weighted by Crippen LogP contribution is -2.25. The molecule has 0 amide bonds. The van der Waals surface area contributed by atoms with E-state index in [-0.39, 0.29) is 0 Å². The van der Waals surface area contributed by atoms with Crippen molar-refractivity contribution >= 4 is 17.3 Å². The summed E-state index contributed by atoms with van der Waals surface area (Å²) in [4.78, 5) is 0. The number of nitrogens with one attached hydrogen (secondary N) is 1. The Balaban J connectivity index is 2.17. The number of aryl methyl sites for hydroxylation is 2. The third kappa shape index (κ3) is 3.32. The van der Waals surface area contributed by atoms with Crippen molar-refractivity contribution in [3.05, 3.63) is 49.3 Å². The van der Waals surface area contributed by atoms with E-state index in [0.717, 1.165) is 30.3 Å². The normalized spacial score (nSPS) is 10.9. The van der Waals surface area contributed by atoms with E-state index in [9.17, 15) is 0 Å². The van der Waals surface area contributed by atoms with E-state index in [2.05, 4.69) is 26.7 Å². The fourth-order valence-corrected chi connectivity index (χ4v) is 1.85. The van der Waals surface area contributed by atoms with Gasteiger partial charge >= 0.3 is 5.95 Å². The number of hydrogen-bond donors (Lipinski definition) is 1. The molecular formula is C15H20N5+. The van der Waals surface area contributed by atoms with E-state index >= 15 is 0 Å². The van der Waals surface area contributed by atoms with Gasteiger partial charge in [-0.3, -0.25) is 0 Å². The lowest BCUT2D eigenvalue weighted by atomic mass is 10.3. The number of imidazole rings is 1. The maximum atomic E-state index is 4.34. The number of allylic oxidation sites excluding steroid dienone is 1. The SMILES string of the molecule is C=CCCn1cc[n+](C)c1N=Nc1ccc(NC)cc1. The summed E-state index contributed by atoms with van der Waals surface area (Å²) >= 11 is 0. The molecule has 0 fully saturated rings. The van der Waals surface area contributed by atoms with Crippen LogP contribution >= 0.6 is 0 Å². The standard InChI is InChI=1S/C15H19N5/c1-4-5-10-20-12-11-19(3)15(20)18-17-14-8-6-13(16-2)7-9-14/h4,6-9,11-12H,1,5,10H2,2-3H3/p+1. The number of anilines is 1. The molecule has 1 aromatic heterocycles. The maximum absolute atomic E-state index is 4.34. The van der Waals surface area contributed by atoms with Crippen LogP contribution in [0.1, 0.15) is 6.42 Å². The Kier molecular flexibility index (Phi) is 4.65. The van der Waals surface area contributed by atoms with Gasteiger partial charge in [-0.2, -0.15) is 0 Å². The van der Waals surface area contributed by atoms with Gasteiger partial charge in [0.1, 0.15) is 5.69 Å². The van der Waals surface area contributed by atoms with Gasteiger partial charge in [0.15, 0.2) is 0 Å². The van der Waals surface area contributed by atoms with E-state index < -0.39 is 0 Å². The highest BCUT2D eigenvalue weighted by Gasteiger charge is 2.13. The first-order valence-corrected chi connectivity index (χ1v) is 6.60. The van der Waals surface area contributed by atoms with Gasteiger partial charge in [0, 0.05) is 17.8 Å². The fraction of sp³-hybridized carbons (Fsp3) is 0.267. The van der Waals surface area contributed by atoms with Crippen molar-refractivity contribution in [1.29, 1.82) is 0 Å². The largest absolute Gasteiger partial charge is 0.421 e. The van der Waals surface area contributed by atoms with Crippen molar-refractivity contribution in [3.63, 3.8) is 0 Å². The number of hydrogen-bond acceptors (Lipinski definition) is 3. The van der Waals surface area contributed by atoms with Crippen molar-refractivity contribution in [2.75, 3.05) is 12.4 Å². The Hall–Kier alpha value is -2.43. The molecule has 104 valence electrons. The van der Waals surface area contributed by atoms with Gasteiger partial charge in [-0.05, 0) is 30.7 Å². The Morgan fingerprint density at radius 3 is 2.70 bits per heavy atom. The van der Waals surface area contributed by atoms with Crippen molar-refractivity contribution in [2.45, 2.75) is 13.0 Å².